The van der Waals surface area contributed by atoms with Crippen LogP contribution in [0.15, 0.2) is 11.0 Å². The maximum absolute atomic E-state index is 12.6. The highest BCUT2D eigenvalue weighted by Crippen LogP contribution is 2.27. The van der Waals surface area contributed by atoms with Gasteiger partial charge >= 0.3 is 16.2 Å². The van der Waals surface area contributed by atoms with Crippen molar-refractivity contribution in [3.05, 3.63) is 15.8 Å². The van der Waals surface area contributed by atoms with Crippen molar-refractivity contribution in [2.75, 3.05) is 7.11 Å². The number of carbonyl (C=O) groups excluding carboxylic acids is 1. The van der Waals surface area contributed by atoms with Crippen molar-refractivity contribution in [1.82, 2.24) is 0 Å². The third-order valence-electron chi connectivity index (χ3n) is 1.52. The number of hydrogen-bond donors (Lipinski definition) is 0. The van der Waals surface area contributed by atoms with E-state index in [2.05, 4.69) is 4.74 Å². The van der Waals surface area contributed by atoms with Gasteiger partial charge in [0.15, 0.2) is 0 Å². The Morgan fingerprint density at radius 1 is 1.57 bits per heavy atom. The second-order valence-electron chi connectivity index (χ2n) is 2.46. The fraction of sp³-hybridized carbons (Fsp3) is 0.286. The highest BCUT2D eigenvalue weighted by Gasteiger charge is 2.21. The third-order valence-corrected chi connectivity index (χ3v) is 3.63. The second kappa shape index (κ2) is 3.66. The summed E-state index contributed by atoms with van der Waals surface area (Å²) in [6.45, 7) is 1.42. The first-order chi connectivity index (χ1) is 6.36. The molecule has 0 amide bonds. The van der Waals surface area contributed by atoms with Gasteiger partial charge in [0.05, 0.1) is 7.11 Å². The molecule has 0 saturated carbocycles. The number of methoxy groups -OCH3 is 1. The lowest BCUT2D eigenvalue weighted by atomic mass is 10.4. The molecule has 0 bridgehead atoms. The summed E-state index contributed by atoms with van der Waals surface area (Å²) in [6, 6.07) is 0.973. The zero-order valence-electron chi connectivity index (χ0n) is 7.40. The summed E-state index contributed by atoms with van der Waals surface area (Å²) in [5.74, 6) is -0.673. The lowest BCUT2D eigenvalue weighted by Gasteiger charge is -1.91. The first-order valence-corrected chi connectivity index (χ1v) is 5.69. The van der Waals surface area contributed by atoms with Gasteiger partial charge in [0.1, 0.15) is 9.77 Å². The molecule has 1 heterocycles. The summed E-state index contributed by atoms with van der Waals surface area (Å²) in [4.78, 5) is 10.8. The Kier molecular flexibility index (Phi) is 2.91. The summed E-state index contributed by atoms with van der Waals surface area (Å²) in [7, 11) is -3.58. The summed E-state index contributed by atoms with van der Waals surface area (Å²) in [6.07, 6.45) is 0. The van der Waals surface area contributed by atoms with Crippen LogP contribution in [0.2, 0.25) is 0 Å². The fourth-order valence-electron chi connectivity index (χ4n) is 0.909. The maximum Gasteiger partial charge on any atom is 0.348 e. The summed E-state index contributed by atoms with van der Waals surface area (Å²) in [5.41, 5.74) is 0. The van der Waals surface area contributed by atoms with Gasteiger partial charge in [-0.05, 0) is 13.0 Å². The van der Waals surface area contributed by atoms with Crippen LogP contribution in [0.4, 0.5) is 3.89 Å². The average molecular weight is 238 g/mol. The topological polar surface area (TPSA) is 60.4 Å². The molecule has 0 aliphatic rings. The van der Waals surface area contributed by atoms with Crippen LogP contribution in [0.5, 0.6) is 0 Å². The summed E-state index contributed by atoms with van der Waals surface area (Å²) < 4.78 is 38.1. The molecule has 0 atom stereocenters. The van der Waals surface area contributed by atoms with Gasteiger partial charge in [-0.2, -0.15) is 8.42 Å². The molecule has 0 aromatic carbocycles. The fourth-order valence-corrected chi connectivity index (χ4v) is 2.84. The summed E-state index contributed by atoms with van der Waals surface area (Å²) >= 11 is 0.880. The van der Waals surface area contributed by atoms with E-state index in [1.54, 1.807) is 0 Å². The molecule has 0 N–H and O–H groups in total. The van der Waals surface area contributed by atoms with E-state index in [4.69, 9.17) is 0 Å². The van der Waals surface area contributed by atoms with E-state index < -0.39 is 21.1 Å². The van der Waals surface area contributed by atoms with Crippen LogP contribution in [0.1, 0.15) is 14.5 Å². The minimum atomic E-state index is -4.75. The Morgan fingerprint density at radius 3 is 2.50 bits per heavy atom. The van der Waals surface area contributed by atoms with Crippen LogP contribution in [-0.2, 0) is 15.0 Å². The second-order valence-corrected chi connectivity index (χ2v) is 5.03. The molecule has 0 saturated heterocycles. The number of halogens is 1. The number of thiophene rings is 1. The molecule has 0 unspecified atom stereocenters. The highest BCUT2D eigenvalue weighted by molar-refractivity contribution is 7.86. The van der Waals surface area contributed by atoms with Crippen molar-refractivity contribution in [2.45, 2.75) is 11.8 Å². The van der Waals surface area contributed by atoms with Gasteiger partial charge in [0.25, 0.3) is 0 Å². The molecular formula is C7H7FO4S2. The van der Waals surface area contributed by atoms with E-state index in [1.807, 2.05) is 0 Å². The Hall–Kier alpha value is -0.950. The summed E-state index contributed by atoms with van der Waals surface area (Å²) in [5, 5.41) is 0. The average Bonchev–Trinajstić information content (AvgIpc) is 2.45. The van der Waals surface area contributed by atoms with Crippen molar-refractivity contribution < 1.29 is 21.8 Å². The highest BCUT2D eigenvalue weighted by atomic mass is 32.3. The van der Waals surface area contributed by atoms with E-state index in [0.29, 0.717) is 0 Å². The molecule has 0 fully saturated rings. The van der Waals surface area contributed by atoms with Crippen LogP contribution in [0, 0.1) is 6.92 Å². The van der Waals surface area contributed by atoms with Gasteiger partial charge in [0, 0.05) is 4.88 Å². The molecule has 14 heavy (non-hydrogen) atoms. The van der Waals surface area contributed by atoms with Gasteiger partial charge in [-0.3, -0.25) is 0 Å². The van der Waals surface area contributed by atoms with Crippen LogP contribution >= 0.6 is 11.3 Å². The molecule has 78 valence electrons. The van der Waals surface area contributed by atoms with Crippen LogP contribution < -0.4 is 0 Å². The lowest BCUT2D eigenvalue weighted by Crippen LogP contribution is -1.97. The van der Waals surface area contributed by atoms with Gasteiger partial charge in [-0.15, -0.1) is 15.2 Å². The van der Waals surface area contributed by atoms with E-state index in [1.165, 1.54) is 14.0 Å². The van der Waals surface area contributed by atoms with Crippen molar-refractivity contribution in [3.8, 4) is 0 Å². The minimum absolute atomic E-state index is 0.0706. The zero-order chi connectivity index (χ0) is 10.9. The normalized spacial score (nSPS) is 11.4. The largest absolute Gasteiger partial charge is 0.465 e. The van der Waals surface area contributed by atoms with Crippen LogP contribution in [0.25, 0.3) is 0 Å². The molecule has 0 radical (unpaired) electrons. The quantitative estimate of drug-likeness (QED) is 0.578. The van der Waals surface area contributed by atoms with Gasteiger partial charge in [0.2, 0.25) is 0 Å². The van der Waals surface area contributed by atoms with Gasteiger partial charge < -0.3 is 4.74 Å². The first kappa shape index (κ1) is 11.1. The first-order valence-electron chi connectivity index (χ1n) is 3.49. The Morgan fingerprint density at radius 2 is 2.14 bits per heavy atom. The Bertz CT molecular complexity index is 460. The van der Waals surface area contributed by atoms with E-state index in [-0.39, 0.29) is 9.75 Å². The predicted octanol–water partition coefficient (Wildman–Crippen LogP) is 1.50. The third kappa shape index (κ3) is 2.10. The monoisotopic (exact) mass is 238 g/mol. The standard InChI is InChI=1S/C7H7FO4S2/c1-4-6(14(8,10)11)3-5(13-4)7(9)12-2/h3H,1-2H3. The van der Waals surface area contributed by atoms with Gasteiger partial charge in [-0.25, -0.2) is 4.79 Å². The van der Waals surface area contributed by atoms with E-state index in [9.17, 15) is 17.1 Å². The zero-order valence-corrected chi connectivity index (χ0v) is 9.04. The Labute approximate surface area is 84.5 Å². The number of carbonyl (C=O) groups is 1. The van der Waals surface area contributed by atoms with Crippen molar-refractivity contribution in [1.29, 1.82) is 0 Å². The van der Waals surface area contributed by atoms with E-state index >= 15 is 0 Å². The van der Waals surface area contributed by atoms with Crippen LogP contribution in [-0.4, -0.2) is 21.5 Å². The van der Waals surface area contributed by atoms with Crippen molar-refractivity contribution in [3.63, 3.8) is 0 Å². The number of rotatable bonds is 2. The number of hydrogen-bond acceptors (Lipinski definition) is 5. The Balaban J connectivity index is 3.25. The minimum Gasteiger partial charge on any atom is -0.465 e. The molecule has 1 rings (SSSR count). The number of ether oxygens (including phenoxy) is 1. The molecule has 0 spiro atoms. The number of esters is 1. The molecule has 7 heteroatoms. The molecule has 1 aromatic rings. The van der Waals surface area contributed by atoms with Crippen molar-refractivity contribution in [2.24, 2.45) is 0 Å². The SMILES string of the molecule is COC(=O)c1cc(S(=O)(=O)F)c(C)s1. The lowest BCUT2D eigenvalue weighted by molar-refractivity contribution is 0.0606. The molecule has 4 nitrogen and oxygen atoms in total. The smallest absolute Gasteiger partial charge is 0.348 e. The van der Waals surface area contributed by atoms with Crippen LogP contribution in [0.3, 0.4) is 0 Å². The number of aryl methyl sites for hydroxylation is 1. The predicted molar refractivity (Wildman–Crippen MR) is 48.7 cm³/mol. The maximum atomic E-state index is 12.6. The van der Waals surface area contributed by atoms with E-state index in [0.717, 1.165) is 17.4 Å². The molecule has 0 aliphatic heterocycles. The molecule has 1 aromatic heterocycles. The molecular weight excluding hydrogens is 231 g/mol. The van der Waals surface area contributed by atoms with Gasteiger partial charge in [-0.1, -0.05) is 0 Å². The molecule has 0 aliphatic carbocycles. The van der Waals surface area contributed by atoms with Crippen molar-refractivity contribution >= 4 is 27.5 Å².